The lowest BCUT2D eigenvalue weighted by Gasteiger charge is -2.16. The predicted molar refractivity (Wildman–Crippen MR) is 120 cm³/mol. The van der Waals surface area contributed by atoms with Crippen LogP contribution in [-0.4, -0.2) is 30.8 Å². The van der Waals surface area contributed by atoms with Crippen molar-refractivity contribution in [1.82, 2.24) is 4.90 Å². The number of benzene rings is 3. The molecule has 3 aromatic carbocycles. The Labute approximate surface area is 180 Å². The Kier molecular flexibility index (Phi) is 5.54. The molecule has 0 fully saturated rings. The van der Waals surface area contributed by atoms with E-state index < -0.39 is 17.6 Å². The highest BCUT2D eigenvalue weighted by Crippen LogP contribution is 2.32. The van der Waals surface area contributed by atoms with Crippen LogP contribution >= 0.6 is 0 Å². The van der Waals surface area contributed by atoms with E-state index in [1.807, 2.05) is 61.5 Å². The number of hydrogen-bond donors (Lipinski definition) is 1. The molecule has 0 saturated carbocycles. The molecule has 5 nitrogen and oxygen atoms in total. The summed E-state index contributed by atoms with van der Waals surface area (Å²) in [6.45, 7) is -0.134. The van der Waals surface area contributed by atoms with Crippen LogP contribution in [0.5, 0.6) is 0 Å². The van der Waals surface area contributed by atoms with Gasteiger partial charge in [0.25, 0.3) is 11.8 Å². The maximum Gasteiger partial charge on any atom is 0.278 e. The molecule has 3 aromatic rings. The van der Waals surface area contributed by atoms with Crippen molar-refractivity contribution in [2.45, 2.75) is 6.54 Å². The van der Waals surface area contributed by atoms with Crippen LogP contribution in [0, 0.1) is 5.82 Å². The fourth-order valence-corrected chi connectivity index (χ4v) is 3.49. The van der Waals surface area contributed by atoms with E-state index in [9.17, 15) is 14.0 Å². The Morgan fingerprint density at radius 1 is 0.839 bits per heavy atom. The van der Waals surface area contributed by atoms with Gasteiger partial charge in [0.2, 0.25) is 0 Å². The van der Waals surface area contributed by atoms with Gasteiger partial charge in [0.05, 0.1) is 12.1 Å². The summed E-state index contributed by atoms with van der Waals surface area (Å²) in [5, 5.41) is 3.12. The van der Waals surface area contributed by atoms with Crippen molar-refractivity contribution in [3.63, 3.8) is 0 Å². The van der Waals surface area contributed by atoms with Crippen molar-refractivity contribution < 1.29 is 14.0 Å². The molecule has 0 aliphatic carbocycles. The van der Waals surface area contributed by atoms with E-state index in [0.29, 0.717) is 11.3 Å². The second kappa shape index (κ2) is 8.44. The summed E-state index contributed by atoms with van der Waals surface area (Å²) in [6.07, 6.45) is 0. The third kappa shape index (κ3) is 4.05. The van der Waals surface area contributed by atoms with Crippen molar-refractivity contribution in [2.24, 2.45) is 0 Å². The van der Waals surface area contributed by atoms with Crippen LogP contribution in [0.3, 0.4) is 0 Å². The first-order chi connectivity index (χ1) is 15.0. The maximum atomic E-state index is 14.2. The molecule has 156 valence electrons. The Morgan fingerprint density at radius 3 is 2.13 bits per heavy atom. The van der Waals surface area contributed by atoms with Crippen LogP contribution in [0.25, 0.3) is 5.57 Å². The van der Waals surface area contributed by atoms with Gasteiger partial charge in [-0.3, -0.25) is 14.5 Å². The molecule has 0 bridgehead atoms. The molecular formula is C25H22FN3O2. The van der Waals surface area contributed by atoms with Crippen LogP contribution in [0.15, 0.2) is 84.6 Å². The average molecular weight is 415 g/mol. The van der Waals surface area contributed by atoms with Gasteiger partial charge in [-0.2, -0.15) is 0 Å². The third-order valence-electron chi connectivity index (χ3n) is 5.17. The quantitative estimate of drug-likeness (QED) is 0.611. The summed E-state index contributed by atoms with van der Waals surface area (Å²) in [6, 6.07) is 22.7. The normalized spacial score (nSPS) is 13.7. The zero-order valence-electron chi connectivity index (χ0n) is 17.3. The molecule has 0 radical (unpaired) electrons. The van der Waals surface area contributed by atoms with Gasteiger partial charge in [-0.25, -0.2) is 4.39 Å². The van der Waals surface area contributed by atoms with Gasteiger partial charge >= 0.3 is 0 Å². The van der Waals surface area contributed by atoms with E-state index in [4.69, 9.17) is 0 Å². The molecule has 1 aliphatic heterocycles. The van der Waals surface area contributed by atoms with E-state index in [1.165, 1.54) is 6.07 Å². The standard InChI is InChI=1S/C25H22FN3O2/c1-28(2)20-14-12-19(13-15-20)27-23-22(17-8-4-3-5-9-17)24(30)29(25(23)31)16-18-10-6-7-11-21(18)26/h3-15,27H,16H2,1-2H3. The SMILES string of the molecule is CN(C)c1ccc(NC2=C(c3ccccc3)C(=O)N(Cc3ccccc3F)C2=O)cc1. The Hall–Kier alpha value is -3.93. The fraction of sp³-hybridized carbons (Fsp3) is 0.120. The number of amides is 2. The lowest BCUT2D eigenvalue weighted by Crippen LogP contribution is -2.32. The number of hydrogen-bond acceptors (Lipinski definition) is 4. The summed E-state index contributed by atoms with van der Waals surface area (Å²) in [4.78, 5) is 29.6. The largest absolute Gasteiger partial charge is 0.378 e. The molecule has 1 N–H and O–H groups in total. The summed E-state index contributed by atoms with van der Waals surface area (Å²) in [5.41, 5.74) is 3.07. The maximum absolute atomic E-state index is 14.2. The van der Waals surface area contributed by atoms with Gasteiger partial charge < -0.3 is 10.2 Å². The van der Waals surface area contributed by atoms with Crippen molar-refractivity contribution in [3.8, 4) is 0 Å². The molecule has 1 heterocycles. The molecule has 0 atom stereocenters. The number of nitrogens with zero attached hydrogens (tertiary/aromatic N) is 2. The minimum absolute atomic E-state index is 0.134. The second-order valence-electron chi connectivity index (χ2n) is 7.47. The highest BCUT2D eigenvalue weighted by atomic mass is 19.1. The molecular weight excluding hydrogens is 393 g/mol. The Balaban J connectivity index is 1.71. The summed E-state index contributed by atoms with van der Waals surface area (Å²) >= 11 is 0. The highest BCUT2D eigenvalue weighted by Gasteiger charge is 2.39. The second-order valence-corrected chi connectivity index (χ2v) is 7.47. The average Bonchev–Trinajstić information content (AvgIpc) is 3.00. The number of nitrogens with one attached hydrogen (secondary N) is 1. The molecule has 1 aliphatic rings. The van der Waals surface area contributed by atoms with Crippen molar-refractivity contribution in [2.75, 3.05) is 24.3 Å². The summed E-state index contributed by atoms with van der Waals surface area (Å²) < 4.78 is 14.2. The smallest absolute Gasteiger partial charge is 0.278 e. The van der Waals surface area contributed by atoms with Crippen LogP contribution < -0.4 is 10.2 Å². The zero-order valence-corrected chi connectivity index (χ0v) is 17.3. The number of imide groups is 1. The number of anilines is 2. The first kappa shape index (κ1) is 20.3. The van der Waals surface area contributed by atoms with E-state index >= 15 is 0 Å². The van der Waals surface area contributed by atoms with Crippen LogP contribution in [-0.2, 0) is 16.1 Å². The van der Waals surface area contributed by atoms with E-state index in [0.717, 1.165) is 10.6 Å². The molecule has 4 rings (SSSR count). The van der Waals surface area contributed by atoms with Crippen molar-refractivity contribution >= 4 is 28.8 Å². The number of carbonyl (C=O) groups excluding carboxylic acids is 2. The summed E-state index contributed by atoms with van der Waals surface area (Å²) in [7, 11) is 3.89. The van der Waals surface area contributed by atoms with Gasteiger partial charge in [-0.1, -0.05) is 48.5 Å². The molecule has 0 spiro atoms. The van der Waals surface area contributed by atoms with Crippen LogP contribution in [0.4, 0.5) is 15.8 Å². The molecule has 31 heavy (non-hydrogen) atoms. The summed E-state index contributed by atoms with van der Waals surface area (Å²) in [5.74, 6) is -1.39. The zero-order chi connectivity index (χ0) is 22.0. The van der Waals surface area contributed by atoms with E-state index in [1.54, 1.807) is 30.3 Å². The van der Waals surface area contributed by atoms with Gasteiger partial charge in [-0.05, 0) is 35.9 Å². The molecule has 0 saturated heterocycles. The van der Waals surface area contributed by atoms with E-state index in [2.05, 4.69) is 5.32 Å². The van der Waals surface area contributed by atoms with Gasteiger partial charge in [0, 0.05) is 31.0 Å². The van der Waals surface area contributed by atoms with Gasteiger partial charge in [-0.15, -0.1) is 0 Å². The fourth-order valence-electron chi connectivity index (χ4n) is 3.49. The van der Waals surface area contributed by atoms with Gasteiger partial charge in [0.1, 0.15) is 11.5 Å². The number of carbonyl (C=O) groups is 2. The number of halogens is 1. The first-order valence-electron chi connectivity index (χ1n) is 9.89. The molecule has 0 unspecified atom stereocenters. The minimum atomic E-state index is -0.483. The first-order valence-corrected chi connectivity index (χ1v) is 9.89. The lowest BCUT2D eigenvalue weighted by atomic mass is 10.0. The van der Waals surface area contributed by atoms with E-state index in [-0.39, 0.29) is 23.4 Å². The van der Waals surface area contributed by atoms with Crippen LogP contribution in [0.2, 0.25) is 0 Å². The van der Waals surface area contributed by atoms with Crippen molar-refractivity contribution in [3.05, 3.63) is 102 Å². The highest BCUT2D eigenvalue weighted by molar-refractivity contribution is 6.36. The van der Waals surface area contributed by atoms with Crippen molar-refractivity contribution in [1.29, 1.82) is 0 Å². The molecule has 0 aromatic heterocycles. The Bertz CT molecular complexity index is 1150. The van der Waals surface area contributed by atoms with Crippen LogP contribution in [0.1, 0.15) is 11.1 Å². The predicted octanol–water partition coefficient (Wildman–Crippen LogP) is 4.28. The number of rotatable bonds is 6. The minimum Gasteiger partial charge on any atom is -0.378 e. The third-order valence-corrected chi connectivity index (χ3v) is 5.17. The molecule has 2 amide bonds. The van der Waals surface area contributed by atoms with Gasteiger partial charge in [0.15, 0.2) is 0 Å². The lowest BCUT2D eigenvalue weighted by molar-refractivity contribution is -0.137. The monoisotopic (exact) mass is 415 g/mol. The molecule has 6 heteroatoms. The Morgan fingerprint density at radius 2 is 1.48 bits per heavy atom. The topological polar surface area (TPSA) is 52.7 Å².